The summed E-state index contributed by atoms with van der Waals surface area (Å²) in [5.41, 5.74) is 0.525. The SMILES string of the molecule is Cc1cc([SH]2C=CC=C2)nn1S(=O)(=O)Oc1ccccc1. The third-order valence-electron chi connectivity index (χ3n) is 2.86. The number of hydrogen-bond donors (Lipinski definition) is 1. The van der Waals surface area contributed by atoms with Gasteiger partial charge >= 0.3 is 10.3 Å². The Morgan fingerprint density at radius 3 is 2.48 bits per heavy atom. The highest BCUT2D eigenvalue weighted by atomic mass is 32.2. The van der Waals surface area contributed by atoms with E-state index < -0.39 is 21.2 Å². The Morgan fingerprint density at radius 2 is 1.81 bits per heavy atom. The van der Waals surface area contributed by atoms with Crippen molar-refractivity contribution < 1.29 is 12.6 Å². The second-order valence-electron chi connectivity index (χ2n) is 4.43. The lowest BCUT2D eigenvalue weighted by Gasteiger charge is -2.08. The first-order valence-electron chi connectivity index (χ1n) is 6.26. The van der Waals surface area contributed by atoms with E-state index >= 15 is 0 Å². The highest BCUT2D eigenvalue weighted by Crippen LogP contribution is 2.41. The van der Waals surface area contributed by atoms with Gasteiger partial charge in [-0.1, -0.05) is 30.4 Å². The number of nitrogens with zero attached hydrogens (tertiary/aromatic N) is 2. The topological polar surface area (TPSA) is 61.2 Å². The van der Waals surface area contributed by atoms with Gasteiger partial charge in [0.05, 0.1) is 5.69 Å². The monoisotopic (exact) mass is 322 g/mol. The molecule has 5 nitrogen and oxygen atoms in total. The third kappa shape index (κ3) is 2.88. The van der Waals surface area contributed by atoms with E-state index in [1.807, 2.05) is 23.0 Å². The van der Waals surface area contributed by atoms with Gasteiger partial charge in [-0.2, -0.15) is 19.3 Å². The van der Waals surface area contributed by atoms with Crippen molar-refractivity contribution in [1.82, 2.24) is 9.19 Å². The quantitative estimate of drug-likeness (QED) is 0.879. The summed E-state index contributed by atoms with van der Waals surface area (Å²) in [5, 5.41) is 8.97. The lowest BCUT2D eigenvalue weighted by atomic mass is 10.3. The Hall–Kier alpha value is -1.99. The average molecular weight is 322 g/mol. The maximum absolute atomic E-state index is 12.3. The van der Waals surface area contributed by atoms with E-state index in [4.69, 9.17) is 4.18 Å². The molecule has 0 saturated heterocycles. The first-order valence-corrected chi connectivity index (χ1v) is 9.11. The van der Waals surface area contributed by atoms with Crippen LogP contribution in [-0.2, 0) is 10.3 Å². The molecular weight excluding hydrogens is 308 g/mol. The minimum atomic E-state index is -3.98. The molecule has 0 atom stereocenters. The third-order valence-corrected chi connectivity index (χ3v) is 5.79. The van der Waals surface area contributed by atoms with E-state index in [0.29, 0.717) is 5.69 Å². The smallest absolute Gasteiger partial charge is 0.366 e. The minimum Gasteiger partial charge on any atom is -0.366 e. The van der Waals surface area contributed by atoms with E-state index in [9.17, 15) is 8.42 Å². The molecule has 0 spiro atoms. The molecule has 0 saturated carbocycles. The van der Waals surface area contributed by atoms with Crippen molar-refractivity contribution in [3.63, 3.8) is 0 Å². The second kappa shape index (κ2) is 5.42. The number of aryl methyl sites for hydroxylation is 1. The predicted octanol–water partition coefficient (Wildman–Crippen LogP) is 2.76. The number of para-hydroxylation sites is 1. The fourth-order valence-electron chi connectivity index (χ4n) is 1.92. The highest BCUT2D eigenvalue weighted by Gasteiger charge is 2.21. The van der Waals surface area contributed by atoms with Crippen molar-refractivity contribution in [2.45, 2.75) is 11.9 Å². The van der Waals surface area contributed by atoms with Crippen molar-refractivity contribution >= 4 is 21.2 Å². The standard InChI is InChI=1S/C14H14N2O3S2/c1-12-11-14(20-9-5-6-10-20)15-16(12)21(17,18)19-13-7-3-2-4-8-13/h2-11,20H,1H3. The molecule has 3 rings (SSSR count). The van der Waals surface area contributed by atoms with Crippen molar-refractivity contribution in [3.05, 3.63) is 65.1 Å². The van der Waals surface area contributed by atoms with Crippen LogP contribution in [0.4, 0.5) is 0 Å². The Balaban J connectivity index is 1.92. The molecule has 21 heavy (non-hydrogen) atoms. The maximum atomic E-state index is 12.3. The lowest BCUT2D eigenvalue weighted by molar-refractivity contribution is 0.467. The number of benzene rings is 1. The fraction of sp³-hybridized carbons (Fsp3) is 0.0714. The van der Waals surface area contributed by atoms with Crippen LogP contribution >= 0.6 is 10.9 Å². The molecule has 0 N–H and O–H groups in total. The van der Waals surface area contributed by atoms with Gasteiger partial charge in [0.1, 0.15) is 10.8 Å². The zero-order valence-electron chi connectivity index (χ0n) is 11.2. The first-order chi connectivity index (χ1) is 10.1. The molecule has 0 amide bonds. The molecule has 0 radical (unpaired) electrons. The van der Waals surface area contributed by atoms with E-state index in [1.165, 1.54) is 0 Å². The van der Waals surface area contributed by atoms with Crippen LogP contribution in [0.3, 0.4) is 0 Å². The number of thiol groups is 1. The Morgan fingerprint density at radius 1 is 1.14 bits per heavy atom. The van der Waals surface area contributed by atoms with Crippen molar-refractivity contribution in [2.75, 3.05) is 0 Å². The van der Waals surface area contributed by atoms with Crippen LogP contribution in [0.15, 0.2) is 64.4 Å². The summed E-state index contributed by atoms with van der Waals surface area (Å²) in [4.78, 5) is 0. The van der Waals surface area contributed by atoms with Crippen LogP contribution in [0.2, 0.25) is 0 Å². The molecule has 0 fully saturated rings. The molecule has 7 heteroatoms. The molecule has 0 unspecified atom stereocenters. The number of hydrogen-bond acceptors (Lipinski definition) is 4. The molecule has 1 aromatic heterocycles. The van der Waals surface area contributed by atoms with Crippen LogP contribution in [0.5, 0.6) is 5.75 Å². The largest absolute Gasteiger partial charge is 0.429 e. The zero-order valence-corrected chi connectivity index (χ0v) is 13.0. The molecule has 110 valence electrons. The number of rotatable bonds is 4. The van der Waals surface area contributed by atoms with E-state index in [-0.39, 0.29) is 5.75 Å². The number of aromatic nitrogens is 2. The molecule has 0 aliphatic carbocycles. The van der Waals surface area contributed by atoms with Crippen molar-refractivity contribution in [1.29, 1.82) is 0 Å². The summed E-state index contributed by atoms with van der Waals surface area (Å²) in [6, 6.07) is 10.2. The van der Waals surface area contributed by atoms with Crippen molar-refractivity contribution in [3.8, 4) is 5.75 Å². The summed E-state index contributed by atoms with van der Waals surface area (Å²) in [6.07, 6.45) is 3.88. The van der Waals surface area contributed by atoms with Gasteiger partial charge in [-0.15, -0.1) is 9.19 Å². The molecule has 0 bridgehead atoms. The van der Waals surface area contributed by atoms with Crippen LogP contribution < -0.4 is 4.18 Å². The fourth-order valence-corrected chi connectivity index (χ4v) is 4.50. The Labute approximate surface area is 126 Å². The highest BCUT2D eigenvalue weighted by molar-refractivity contribution is 8.22. The molecule has 1 aliphatic rings. The summed E-state index contributed by atoms with van der Waals surface area (Å²) < 4.78 is 30.6. The summed E-state index contributed by atoms with van der Waals surface area (Å²) >= 11 is 0. The van der Waals surface area contributed by atoms with Gasteiger partial charge in [-0.25, -0.2) is 0 Å². The van der Waals surface area contributed by atoms with Gasteiger partial charge < -0.3 is 4.18 Å². The van der Waals surface area contributed by atoms with Gasteiger partial charge in [0.15, 0.2) is 0 Å². The van der Waals surface area contributed by atoms with E-state index in [0.717, 1.165) is 9.11 Å². The Kier molecular flexibility index (Phi) is 3.60. The van der Waals surface area contributed by atoms with E-state index in [2.05, 4.69) is 5.10 Å². The van der Waals surface area contributed by atoms with Crippen LogP contribution in [0.25, 0.3) is 0 Å². The summed E-state index contributed by atoms with van der Waals surface area (Å²) in [5.74, 6) is 0.264. The lowest BCUT2D eigenvalue weighted by Crippen LogP contribution is -2.21. The minimum absolute atomic E-state index is 0.264. The van der Waals surface area contributed by atoms with Crippen LogP contribution in [0, 0.1) is 6.92 Å². The van der Waals surface area contributed by atoms with Crippen molar-refractivity contribution in [2.24, 2.45) is 0 Å². The van der Waals surface area contributed by atoms with Gasteiger partial charge in [0, 0.05) is 0 Å². The number of allylic oxidation sites excluding steroid dienone is 2. The molecule has 2 heterocycles. The predicted molar refractivity (Wildman–Crippen MR) is 83.9 cm³/mol. The summed E-state index contributed by atoms with van der Waals surface area (Å²) in [6.45, 7) is 1.70. The molecule has 1 aliphatic heterocycles. The Bertz CT molecular complexity index is 796. The molecular formula is C14H14N2O3S2. The van der Waals surface area contributed by atoms with E-state index in [1.54, 1.807) is 43.3 Å². The maximum Gasteiger partial charge on any atom is 0.429 e. The molecule has 2 aromatic rings. The van der Waals surface area contributed by atoms with Crippen LogP contribution in [0.1, 0.15) is 5.69 Å². The normalized spacial score (nSPS) is 15.6. The van der Waals surface area contributed by atoms with Crippen LogP contribution in [-0.4, -0.2) is 17.6 Å². The van der Waals surface area contributed by atoms with Gasteiger partial charge in [0.2, 0.25) is 0 Å². The second-order valence-corrected chi connectivity index (χ2v) is 7.67. The molecule has 1 aromatic carbocycles. The van der Waals surface area contributed by atoms with Gasteiger partial charge in [-0.05, 0) is 35.9 Å². The van der Waals surface area contributed by atoms with Gasteiger partial charge in [-0.3, -0.25) is 0 Å². The summed E-state index contributed by atoms with van der Waals surface area (Å²) in [7, 11) is -4.64. The zero-order chi connectivity index (χ0) is 14.9. The van der Waals surface area contributed by atoms with Gasteiger partial charge in [0.25, 0.3) is 0 Å². The first kappa shape index (κ1) is 14.0. The average Bonchev–Trinajstić information content (AvgIpc) is 3.08.